The van der Waals surface area contributed by atoms with Gasteiger partial charge in [-0.2, -0.15) is 5.10 Å². The minimum Gasteiger partial charge on any atom is -0.490 e. The molecular formula is C24H24ClN3O2S. The van der Waals surface area contributed by atoms with E-state index in [-0.39, 0.29) is 0 Å². The largest absolute Gasteiger partial charge is 0.490 e. The van der Waals surface area contributed by atoms with Crippen LogP contribution in [0.1, 0.15) is 23.6 Å². The maximum atomic E-state index is 6.20. The van der Waals surface area contributed by atoms with Gasteiger partial charge >= 0.3 is 0 Å². The highest BCUT2D eigenvalue weighted by molar-refractivity contribution is 8.13. The van der Waals surface area contributed by atoms with E-state index in [0.717, 1.165) is 16.9 Å². The van der Waals surface area contributed by atoms with Crippen LogP contribution in [-0.2, 0) is 12.4 Å². The minimum atomic E-state index is 0.354. The first-order chi connectivity index (χ1) is 15.2. The molecule has 3 aromatic carbocycles. The Labute approximate surface area is 191 Å². The molecular weight excluding hydrogens is 430 g/mol. The lowest BCUT2D eigenvalue weighted by Crippen LogP contribution is -2.06. The molecule has 7 heteroatoms. The number of rotatable bonds is 9. The second-order valence-electron chi connectivity index (χ2n) is 6.48. The van der Waals surface area contributed by atoms with Gasteiger partial charge in [0.2, 0.25) is 0 Å². The highest BCUT2D eigenvalue weighted by Crippen LogP contribution is 2.29. The van der Waals surface area contributed by atoms with Crippen molar-refractivity contribution in [3.8, 4) is 11.5 Å². The van der Waals surface area contributed by atoms with Gasteiger partial charge in [0.05, 0.1) is 12.8 Å². The van der Waals surface area contributed by atoms with E-state index in [1.54, 1.807) is 6.21 Å². The predicted octanol–water partition coefficient (Wildman–Crippen LogP) is 5.90. The Morgan fingerprint density at radius 2 is 1.77 bits per heavy atom. The molecule has 0 radical (unpaired) electrons. The number of amidine groups is 1. The van der Waals surface area contributed by atoms with Crippen LogP contribution < -0.4 is 15.2 Å². The Morgan fingerprint density at radius 3 is 2.55 bits per heavy atom. The van der Waals surface area contributed by atoms with E-state index in [2.05, 4.69) is 10.2 Å². The average molecular weight is 454 g/mol. The zero-order valence-corrected chi connectivity index (χ0v) is 18.8. The maximum absolute atomic E-state index is 6.20. The standard InChI is InChI=1S/C24H24ClN3O2S/c1-2-29-23-14-19(12-13-22(23)30-16-20-10-6-7-11-21(20)25)15-27-28-24(26)31-17-18-8-4-3-5-9-18/h3-15H,2,16-17H2,1H3,(H2,26,28). The Morgan fingerprint density at radius 1 is 1.00 bits per heavy atom. The molecule has 0 aromatic heterocycles. The smallest absolute Gasteiger partial charge is 0.180 e. The van der Waals surface area contributed by atoms with Crippen molar-refractivity contribution in [1.82, 2.24) is 0 Å². The molecule has 0 bridgehead atoms. The van der Waals surface area contributed by atoms with Crippen molar-refractivity contribution in [1.29, 1.82) is 0 Å². The van der Waals surface area contributed by atoms with Crippen LogP contribution in [-0.4, -0.2) is 18.0 Å². The van der Waals surface area contributed by atoms with Gasteiger partial charge in [0, 0.05) is 16.3 Å². The van der Waals surface area contributed by atoms with Crippen molar-refractivity contribution in [3.05, 3.63) is 94.5 Å². The topological polar surface area (TPSA) is 69.2 Å². The summed E-state index contributed by atoms with van der Waals surface area (Å²) >= 11 is 7.65. The molecule has 0 unspecified atom stereocenters. The van der Waals surface area contributed by atoms with Crippen molar-refractivity contribution in [2.75, 3.05) is 6.61 Å². The summed E-state index contributed by atoms with van der Waals surface area (Å²) in [6, 6.07) is 23.3. The molecule has 0 amide bonds. The molecule has 0 aliphatic heterocycles. The van der Waals surface area contributed by atoms with Gasteiger partial charge in [0.1, 0.15) is 6.61 Å². The summed E-state index contributed by atoms with van der Waals surface area (Å²) in [5, 5.41) is 9.23. The number of ether oxygens (including phenoxy) is 2. The fraction of sp³-hybridized carbons (Fsp3) is 0.167. The number of nitrogens with zero attached hydrogens (tertiary/aromatic N) is 2. The maximum Gasteiger partial charge on any atom is 0.180 e. The third kappa shape index (κ3) is 7.35. The summed E-state index contributed by atoms with van der Waals surface area (Å²) in [6.45, 7) is 2.80. The molecule has 31 heavy (non-hydrogen) atoms. The van der Waals surface area contributed by atoms with Gasteiger partial charge in [-0.05, 0) is 42.3 Å². The van der Waals surface area contributed by atoms with Crippen molar-refractivity contribution in [2.45, 2.75) is 19.3 Å². The molecule has 3 aromatic rings. The monoisotopic (exact) mass is 453 g/mol. The molecule has 160 valence electrons. The SMILES string of the molecule is CCOc1cc(C=NN=C(N)SCc2ccccc2)ccc1OCc1ccccc1Cl. The summed E-state index contributed by atoms with van der Waals surface area (Å²) < 4.78 is 11.7. The van der Waals surface area contributed by atoms with Crippen molar-refractivity contribution >= 4 is 34.7 Å². The van der Waals surface area contributed by atoms with Crippen LogP contribution >= 0.6 is 23.4 Å². The lowest BCUT2D eigenvalue weighted by molar-refractivity contribution is 0.269. The highest BCUT2D eigenvalue weighted by atomic mass is 35.5. The van der Waals surface area contributed by atoms with Crippen molar-refractivity contribution in [3.63, 3.8) is 0 Å². The Kier molecular flexibility index (Phi) is 8.82. The minimum absolute atomic E-state index is 0.354. The Hall–Kier alpha value is -2.96. The van der Waals surface area contributed by atoms with Crippen LogP contribution in [0, 0.1) is 0 Å². The van der Waals surface area contributed by atoms with Gasteiger partial charge in [-0.1, -0.05) is 71.9 Å². The van der Waals surface area contributed by atoms with E-state index in [1.165, 1.54) is 17.3 Å². The molecule has 0 spiro atoms. The van der Waals surface area contributed by atoms with E-state index in [9.17, 15) is 0 Å². The summed E-state index contributed by atoms with van der Waals surface area (Å²) in [7, 11) is 0. The Bertz CT molecular complexity index is 1040. The third-order valence-corrected chi connectivity index (χ3v) is 5.43. The first-order valence-corrected chi connectivity index (χ1v) is 11.2. The fourth-order valence-electron chi connectivity index (χ4n) is 2.68. The second-order valence-corrected chi connectivity index (χ2v) is 7.88. The van der Waals surface area contributed by atoms with Crippen LogP contribution in [0.5, 0.6) is 11.5 Å². The number of thioether (sulfide) groups is 1. The van der Waals surface area contributed by atoms with Gasteiger partial charge in [0.15, 0.2) is 16.7 Å². The molecule has 0 fully saturated rings. The fourth-order valence-corrected chi connectivity index (χ4v) is 3.48. The van der Waals surface area contributed by atoms with Crippen LogP contribution in [0.15, 0.2) is 83.0 Å². The van der Waals surface area contributed by atoms with E-state index < -0.39 is 0 Å². The first kappa shape index (κ1) is 22.7. The predicted molar refractivity (Wildman–Crippen MR) is 130 cm³/mol. The third-order valence-electron chi connectivity index (χ3n) is 4.20. The molecule has 0 aliphatic carbocycles. The highest BCUT2D eigenvalue weighted by Gasteiger charge is 2.08. The van der Waals surface area contributed by atoms with Crippen molar-refractivity contribution in [2.24, 2.45) is 15.9 Å². The second kappa shape index (κ2) is 12.0. The zero-order valence-electron chi connectivity index (χ0n) is 17.2. The number of hydrogen-bond acceptors (Lipinski definition) is 5. The molecule has 5 nitrogen and oxygen atoms in total. The van der Waals surface area contributed by atoms with Crippen LogP contribution in [0.4, 0.5) is 0 Å². The number of halogens is 1. The van der Waals surface area contributed by atoms with Gasteiger partial charge in [0.25, 0.3) is 0 Å². The Balaban J connectivity index is 1.62. The summed E-state index contributed by atoms with van der Waals surface area (Å²) in [4.78, 5) is 0. The van der Waals surface area contributed by atoms with Gasteiger partial charge in [-0.15, -0.1) is 5.10 Å². The number of nitrogens with two attached hydrogens (primary N) is 1. The van der Waals surface area contributed by atoms with E-state index in [1.807, 2.05) is 79.7 Å². The van der Waals surface area contributed by atoms with Gasteiger partial charge in [-0.3, -0.25) is 0 Å². The molecule has 0 aliphatic rings. The zero-order chi connectivity index (χ0) is 21.9. The van der Waals surface area contributed by atoms with Gasteiger partial charge in [-0.25, -0.2) is 0 Å². The summed E-state index contributed by atoms with van der Waals surface area (Å²) in [6.07, 6.45) is 1.64. The summed E-state index contributed by atoms with van der Waals surface area (Å²) in [5.41, 5.74) is 8.87. The average Bonchev–Trinajstić information content (AvgIpc) is 2.79. The van der Waals surface area contributed by atoms with Crippen molar-refractivity contribution < 1.29 is 9.47 Å². The van der Waals surface area contributed by atoms with Gasteiger partial charge < -0.3 is 15.2 Å². The number of hydrogen-bond donors (Lipinski definition) is 1. The molecule has 0 saturated heterocycles. The van der Waals surface area contributed by atoms with E-state index in [0.29, 0.717) is 34.9 Å². The normalized spacial score (nSPS) is 11.6. The van der Waals surface area contributed by atoms with Crippen LogP contribution in [0.25, 0.3) is 0 Å². The van der Waals surface area contributed by atoms with E-state index in [4.69, 9.17) is 26.8 Å². The number of benzene rings is 3. The molecule has 3 rings (SSSR count). The lowest BCUT2D eigenvalue weighted by Gasteiger charge is -2.13. The molecule has 0 heterocycles. The molecule has 0 saturated carbocycles. The molecule has 2 N–H and O–H groups in total. The summed E-state index contributed by atoms with van der Waals surface area (Å²) in [5.74, 6) is 2.02. The van der Waals surface area contributed by atoms with Crippen LogP contribution in [0.2, 0.25) is 5.02 Å². The molecule has 0 atom stereocenters. The van der Waals surface area contributed by atoms with Crippen LogP contribution in [0.3, 0.4) is 0 Å². The quantitative estimate of drug-likeness (QED) is 0.249. The first-order valence-electron chi connectivity index (χ1n) is 9.82. The van der Waals surface area contributed by atoms with E-state index >= 15 is 0 Å². The lowest BCUT2D eigenvalue weighted by atomic mass is 10.2.